The number of hydrogen-bond acceptors (Lipinski definition) is 6. The van der Waals surface area contributed by atoms with Crippen LogP contribution < -0.4 is 5.32 Å². The SMILES string of the molecule is CC1(C)O[C@@H]2[C@@H](CO[Si](C)(C)C(C)(C)C)C[C@@H](Nc3cc(I)ncn3)[C@@H]2O1. The van der Waals surface area contributed by atoms with E-state index >= 15 is 0 Å². The number of nitrogens with one attached hydrogen (secondary N) is 1. The molecule has 2 fully saturated rings. The number of hydrogen-bond donors (Lipinski definition) is 1. The molecule has 1 saturated heterocycles. The first kappa shape index (κ1) is 21.4. The molecule has 6 nitrogen and oxygen atoms in total. The fourth-order valence-corrected chi connectivity index (χ4v) is 5.01. The minimum Gasteiger partial charge on any atom is -0.416 e. The van der Waals surface area contributed by atoms with Gasteiger partial charge in [0.25, 0.3) is 0 Å². The fourth-order valence-electron chi connectivity index (χ4n) is 3.53. The molecule has 2 aliphatic rings. The van der Waals surface area contributed by atoms with Crippen molar-refractivity contribution in [2.24, 2.45) is 5.92 Å². The quantitative estimate of drug-likeness (QED) is 0.363. The molecule has 1 aromatic rings. The zero-order valence-electron chi connectivity index (χ0n) is 17.4. The first-order chi connectivity index (χ1) is 12.4. The third-order valence-corrected chi connectivity index (χ3v) is 11.1. The van der Waals surface area contributed by atoms with Crippen LogP contribution in [0.25, 0.3) is 0 Å². The van der Waals surface area contributed by atoms with Crippen LogP contribution in [0.1, 0.15) is 41.0 Å². The van der Waals surface area contributed by atoms with Gasteiger partial charge in [-0.1, -0.05) is 20.8 Å². The van der Waals surface area contributed by atoms with E-state index in [1.54, 1.807) is 6.33 Å². The minimum absolute atomic E-state index is 0.000595. The molecule has 8 heteroatoms. The van der Waals surface area contributed by atoms with E-state index in [-0.39, 0.29) is 23.3 Å². The highest BCUT2D eigenvalue weighted by Crippen LogP contribution is 2.44. The Bertz CT molecular complexity index is 680. The van der Waals surface area contributed by atoms with Crippen molar-refractivity contribution in [3.8, 4) is 0 Å². The van der Waals surface area contributed by atoms with E-state index in [1.165, 1.54) is 0 Å². The number of nitrogens with zero attached hydrogens (tertiary/aromatic N) is 2. The molecule has 1 N–H and O–H groups in total. The summed E-state index contributed by atoms with van der Waals surface area (Å²) in [6.45, 7) is 16.1. The standard InChI is InChI=1S/C19H32IN3O3Si/c1-18(2,3)27(6,7)24-10-12-8-13(17-16(12)25-19(4,5)26-17)23-15-9-14(20)21-11-22-15/h9,11-13,16-17H,8,10H2,1-7H3,(H,21,22,23)/t12-,13-,16-,17+/m1/s1. The average molecular weight is 505 g/mol. The van der Waals surface area contributed by atoms with Crippen molar-refractivity contribution in [1.29, 1.82) is 0 Å². The van der Waals surface area contributed by atoms with Crippen LogP contribution in [0.4, 0.5) is 5.82 Å². The van der Waals surface area contributed by atoms with Crippen LogP contribution in [-0.2, 0) is 13.9 Å². The van der Waals surface area contributed by atoms with Crippen molar-refractivity contribution in [2.75, 3.05) is 11.9 Å². The number of aromatic nitrogens is 2. The smallest absolute Gasteiger partial charge is 0.191 e. The summed E-state index contributed by atoms with van der Waals surface area (Å²) in [5, 5.41) is 3.74. The molecule has 1 aromatic heterocycles. The summed E-state index contributed by atoms with van der Waals surface area (Å²) in [4.78, 5) is 8.51. The van der Waals surface area contributed by atoms with Gasteiger partial charge in [-0.2, -0.15) is 0 Å². The zero-order valence-corrected chi connectivity index (χ0v) is 20.5. The Morgan fingerprint density at radius 2 is 1.93 bits per heavy atom. The Balaban J connectivity index is 1.72. The molecule has 1 aliphatic heterocycles. The highest BCUT2D eigenvalue weighted by molar-refractivity contribution is 14.1. The third kappa shape index (κ3) is 4.83. The van der Waals surface area contributed by atoms with Crippen molar-refractivity contribution in [3.05, 3.63) is 16.1 Å². The molecule has 0 amide bonds. The maximum Gasteiger partial charge on any atom is 0.191 e. The van der Waals surface area contributed by atoms with E-state index in [0.29, 0.717) is 5.92 Å². The normalized spacial score (nSPS) is 30.4. The van der Waals surface area contributed by atoms with Gasteiger partial charge in [0.2, 0.25) is 0 Å². The molecule has 3 rings (SSSR count). The van der Waals surface area contributed by atoms with Gasteiger partial charge in [0.1, 0.15) is 21.9 Å². The second-order valence-electron chi connectivity index (χ2n) is 9.61. The average Bonchev–Trinajstić information content (AvgIpc) is 2.99. The molecule has 152 valence electrons. The Kier molecular flexibility index (Phi) is 5.96. The Morgan fingerprint density at radius 3 is 2.56 bits per heavy atom. The molecular weight excluding hydrogens is 473 g/mol. The van der Waals surface area contributed by atoms with E-state index in [0.717, 1.165) is 22.5 Å². The highest BCUT2D eigenvalue weighted by atomic mass is 127. The predicted molar refractivity (Wildman–Crippen MR) is 117 cm³/mol. The van der Waals surface area contributed by atoms with Crippen LogP contribution in [0.3, 0.4) is 0 Å². The van der Waals surface area contributed by atoms with Gasteiger partial charge in [0.15, 0.2) is 14.1 Å². The predicted octanol–water partition coefficient (Wildman–Crippen LogP) is 4.42. The van der Waals surface area contributed by atoms with Crippen LogP contribution in [0.2, 0.25) is 18.1 Å². The molecule has 27 heavy (non-hydrogen) atoms. The summed E-state index contributed by atoms with van der Waals surface area (Å²) in [6.07, 6.45) is 2.58. The largest absolute Gasteiger partial charge is 0.416 e. The summed E-state index contributed by atoms with van der Waals surface area (Å²) in [6, 6.07) is 2.10. The monoisotopic (exact) mass is 505 g/mol. The van der Waals surface area contributed by atoms with E-state index in [9.17, 15) is 0 Å². The molecule has 0 spiro atoms. The van der Waals surface area contributed by atoms with E-state index in [2.05, 4.69) is 71.7 Å². The summed E-state index contributed by atoms with van der Waals surface area (Å²) >= 11 is 2.20. The summed E-state index contributed by atoms with van der Waals surface area (Å²) < 4.78 is 19.9. The van der Waals surface area contributed by atoms with E-state index in [1.807, 2.05) is 19.9 Å². The zero-order chi connectivity index (χ0) is 20.0. The van der Waals surface area contributed by atoms with Crippen LogP contribution in [0.15, 0.2) is 12.4 Å². The molecular formula is C19H32IN3O3Si. The molecule has 0 aromatic carbocycles. The van der Waals surface area contributed by atoms with Gasteiger partial charge >= 0.3 is 0 Å². The van der Waals surface area contributed by atoms with Gasteiger partial charge < -0.3 is 19.2 Å². The van der Waals surface area contributed by atoms with Gasteiger partial charge in [-0.25, -0.2) is 9.97 Å². The summed E-state index contributed by atoms with van der Waals surface area (Å²) in [5.41, 5.74) is 0. The van der Waals surface area contributed by atoms with Crippen LogP contribution >= 0.6 is 22.6 Å². The minimum atomic E-state index is -1.79. The van der Waals surface area contributed by atoms with Gasteiger partial charge in [-0.15, -0.1) is 0 Å². The lowest BCUT2D eigenvalue weighted by Gasteiger charge is -2.37. The van der Waals surface area contributed by atoms with Gasteiger partial charge in [-0.05, 0) is 61.0 Å². The molecule has 0 radical (unpaired) electrons. The second-order valence-corrected chi connectivity index (χ2v) is 15.5. The molecule has 0 unspecified atom stereocenters. The molecule has 4 atom stereocenters. The summed E-state index contributed by atoms with van der Waals surface area (Å²) in [7, 11) is -1.79. The van der Waals surface area contributed by atoms with Crippen molar-refractivity contribution >= 4 is 36.7 Å². The van der Waals surface area contributed by atoms with Crippen molar-refractivity contribution in [3.63, 3.8) is 0 Å². The Morgan fingerprint density at radius 1 is 1.26 bits per heavy atom. The first-order valence-corrected chi connectivity index (χ1v) is 13.6. The lowest BCUT2D eigenvalue weighted by molar-refractivity contribution is -0.158. The van der Waals surface area contributed by atoms with Crippen LogP contribution in [-0.4, -0.2) is 48.9 Å². The maximum atomic E-state index is 6.52. The highest BCUT2D eigenvalue weighted by Gasteiger charge is 2.54. The summed E-state index contributed by atoms with van der Waals surface area (Å²) in [5.74, 6) is 0.576. The molecule has 0 bridgehead atoms. The number of anilines is 1. The van der Waals surface area contributed by atoms with Gasteiger partial charge in [0, 0.05) is 18.6 Å². The topological polar surface area (TPSA) is 65.5 Å². The Hall–Kier alpha value is -0.293. The number of ether oxygens (including phenoxy) is 2. The van der Waals surface area contributed by atoms with Crippen LogP contribution in [0, 0.1) is 9.62 Å². The maximum absolute atomic E-state index is 6.52. The Labute approximate surface area is 177 Å². The van der Waals surface area contributed by atoms with E-state index < -0.39 is 14.1 Å². The van der Waals surface area contributed by atoms with Crippen LogP contribution in [0.5, 0.6) is 0 Å². The number of rotatable bonds is 5. The first-order valence-electron chi connectivity index (χ1n) is 9.62. The molecule has 1 saturated carbocycles. The lowest BCUT2D eigenvalue weighted by Crippen LogP contribution is -2.43. The molecule has 1 aliphatic carbocycles. The van der Waals surface area contributed by atoms with Gasteiger partial charge in [-0.3, -0.25) is 0 Å². The molecule has 2 heterocycles. The number of fused-ring (bicyclic) bond motifs is 1. The number of halogens is 1. The second kappa shape index (κ2) is 7.51. The van der Waals surface area contributed by atoms with Crippen molar-refractivity contribution in [2.45, 2.75) is 83.2 Å². The van der Waals surface area contributed by atoms with Crippen molar-refractivity contribution < 1.29 is 13.9 Å². The van der Waals surface area contributed by atoms with Gasteiger partial charge in [0.05, 0.1) is 12.1 Å². The van der Waals surface area contributed by atoms with E-state index in [4.69, 9.17) is 13.9 Å². The van der Waals surface area contributed by atoms with Crippen molar-refractivity contribution in [1.82, 2.24) is 9.97 Å². The fraction of sp³-hybridized carbons (Fsp3) is 0.789. The lowest BCUT2D eigenvalue weighted by atomic mass is 10.1. The third-order valence-electron chi connectivity index (χ3n) is 6.01.